The molecule has 1 aromatic carbocycles. The number of furan rings is 1. The van der Waals surface area contributed by atoms with Crippen LogP contribution in [0.25, 0.3) is 33.6 Å². The van der Waals surface area contributed by atoms with Crippen molar-refractivity contribution in [3.8, 4) is 28.3 Å². The maximum atomic E-state index is 6.10. The SMILES string of the molecule is COc1ccccc1-c1cc(-c2ccco2)nc2ncnc(N)c12. The van der Waals surface area contributed by atoms with E-state index in [4.69, 9.17) is 14.9 Å². The van der Waals surface area contributed by atoms with Gasteiger partial charge in [0, 0.05) is 11.1 Å². The third-order valence-electron chi connectivity index (χ3n) is 3.80. The summed E-state index contributed by atoms with van der Waals surface area (Å²) in [5, 5.41) is 0.692. The molecular weight excluding hydrogens is 304 g/mol. The van der Waals surface area contributed by atoms with Crippen molar-refractivity contribution in [3.05, 3.63) is 55.1 Å². The Balaban J connectivity index is 2.09. The molecule has 0 atom stereocenters. The lowest BCUT2D eigenvalue weighted by Crippen LogP contribution is -1.99. The van der Waals surface area contributed by atoms with E-state index >= 15 is 0 Å². The average Bonchev–Trinajstić information content (AvgIpc) is 3.15. The van der Waals surface area contributed by atoms with Gasteiger partial charge in [0.15, 0.2) is 11.4 Å². The molecule has 4 aromatic rings. The van der Waals surface area contributed by atoms with Crippen LogP contribution < -0.4 is 10.5 Å². The molecule has 118 valence electrons. The summed E-state index contributed by atoms with van der Waals surface area (Å²) in [5.74, 6) is 1.77. The second-order valence-electron chi connectivity index (χ2n) is 5.19. The van der Waals surface area contributed by atoms with E-state index in [1.54, 1.807) is 13.4 Å². The highest BCUT2D eigenvalue weighted by atomic mass is 16.5. The van der Waals surface area contributed by atoms with Crippen molar-refractivity contribution in [2.24, 2.45) is 0 Å². The van der Waals surface area contributed by atoms with Crippen molar-refractivity contribution in [3.63, 3.8) is 0 Å². The van der Waals surface area contributed by atoms with Gasteiger partial charge in [0.2, 0.25) is 0 Å². The number of hydrogen-bond acceptors (Lipinski definition) is 6. The van der Waals surface area contributed by atoms with Gasteiger partial charge in [-0.2, -0.15) is 0 Å². The van der Waals surface area contributed by atoms with E-state index in [0.717, 1.165) is 16.9 Å². The number of para-hydroxylation sites is 1. The van der Waals surface area contributed by atoms with Crippen LogP contribution in [0.5, 0.6) is 5.75 Å². The predicted molar refractivity (Wildman–Crippen MR) is 91.4 cm³/mol. The molecule has 6 heteroatoms. The standard InChI is InChI=1S/C18H14N4O2/c1-23-14-6-3-2-5-11(14)12-9-13(15-7-4-8-24-15)22-18-16(12)17(19)20-10-21-18/h2-10H,1H3,(H2,19,20,21,22). The number of benzene rings is 1. The van der Waals surface area contributed by atoms with Gasteiger partial charge in [0.05, 0.1) is 18.8 Å². The van der Waals surface area contributed by atoms with E-state index in [9.17, 15) is 0 Å². The second-order valence-corrected chi connectivity index (χ2v) is 5.19. The van der Waals surface area contributed by atoms with Crippen LogP contribution in [-0.2, 0) is 0 Å². The van der Waals surface area contributed by atoms with Gasteiger partial charge < -0.3 is 14.9 Å². The van der Waals surface area contributed by atoms with Crippen molar-refractivity contribution >= 4 is 16.9 Å². The minimum Gasteiger partial charge on any atom is -0.496 e. The average molecular weight is 318 g/mol. The number of fused-ring (bicyclic) bond motifs is 1. The van der Waals surface area contributed by atoms with Gasteiger partial charge in [0.1, 0.15) is 23.6 Å². The van der Waals surface area contributed by atoms with Crippen LogP contribution in [0.2, 0.25) is 0 Å². The van der Waals surface area contributed by atoms with Crippen LogP contribution in [0.15, 0.2) is 59.5 Å². The number of nitrogens with two attached hydrogens (primary N) is 1. The van der Waals surface area contributed by atoms with E-state index in [2.05, 4.69) is 15.0 Å². The van der Waals surface area contributed by atoms with Crippen molar-refractivity contribution in [2.45, 2.75) is 0 Å². The highest BCUT2D eigenvalue weighted by Crippen LogP contribution is 2.37. The fourth-order valence-electron chi connectivity index (χ4n) is 2.72. The Labute approximate surface area is 137 Å². The lowest BCUT2D eigenvalue weighted by Gasteiger charge is -2.12. The van der Waals surface area contributed by atoms with Gasteiger partial charge >= 0.3 is 0 Å². The topological polar surface area (TPSA) is 87.1 Å². The summed E-state index contributed by atoms with van der Waals surface area (Å²) in [6.07, 6.45) is 3.01. The van der Waals surface area contributed by atoms with Gasteiger partial charge in [-0.15, -0.1) is 0 Å². The number of anilines is 1. The summed E-state index contributed by atoms with van der Waals surface area (Å²) in [6.45, 7) is 0. The van der Waals surface area contributed by atoms with Crippen LogP contribution >= 0.6 is 0 Å². The van der Waals surface area contributed by atoms with Crippen LogP contribution in [0.1, 0.15) is 0 Å². The first-order valence-electron chi connectivity index (χ1n) is 7.36. The van der Waals surface area contributed by atoms with Crippen molar-refractivity contribution < 1.29 is 9.15 Å². The summed E-state index contributed by atoms with van der Waals surface area (Å²) in [4.78, 5) is 12.9. The summed E-state index contributed by atoms with van der Waals surface area (Å²) in [6, 6.07) is 13.3. The molecule has 3 aromatic heterocycles. The molecule has 0 spiro atoms. The molecule has 0 unspecified atom stereocenters. The van der Waals surface area contributed by atoms with E-state index in [1.807, 2.05) is 42.5 Å². The molecule has 0 amide bonds. The third kappa shape index (κ3) is 2.25. The monoisotopic (exact) mass is 318 g/mol. The quantitative estimate of drug-likeness (QED) is 0.621. The number of ether oxygens (including phenoxy) is 1. The third-order valence-corrected chi connectivity index (χ3v) is 3.80. The minimum absolute atomic E-state index is 0.374. The Bertz CT molecular complexity index is 1010. The summed E-state index contributed by atoms with van der Waals surface area (Å²) < 4.78 is 11.0. The predicted octanol–water partition coefficient (Wildman–Crippen LogP) is 3.54. The first-order valence-corrected chi connectivity index (χ1v) is 7.36. The summed E-state index contributed by atoms with van der Waals surface area (Å²) in [7, 11) is 1.63. The van der Waals surface area contributed by atoms with E-state index in [1.165, 1.54) is 6.33 Å². The number of pyridine rings is 1. The number of nitrogen functional groups attached to an aromatic ring is 1. The molecule has 0 aliphatic rings. The molecule has 0 bridgehead atoms. The highest BCUT2D eigenvalue weighted by molar-refractivity contribution is 6.01. The van der Waals surface area contributed by atoms with E-state index in [0.29, 0.717) is 28.3 Å². The molecular formula is C18H14N4O2. The zero-order valence-electron chi connectivity index (χ0n) is 12.9. The Hall–Kier alpha value is -3.41. The Morgan fingerprint density at radius 2 is 1.92 bits per heavy atom. The number of hydrogen-bond donors (Lipinski definition) is 1. The Morgan fingerprint density at radius 3 is 2.71 bits per heavy atom. The van der Waals surface area contributed by atoms with Gasteiger partial charge in [0.25, 0.3) is 0 Å². The fourth-order valence-corrected chi connectivity index (χ4v) is 2.72. The van der Waals surface area contributed by atoms with Gasteiger partial charge in [-0.1, -0.05) is 18.2 Å². The summed E-state index contributed by atoms with van der Waals surface area (Å²) in [5.41, 5.74) is 9.02. The largest absolute Gasteiger partial charge is 0.496 e. The van der Waals surface area contributed by atoms with Gasteiger partial charge in [-0.25, -0.2) is 15.0 Å². The molecule has 4 rings (SSSR count). The van der Waals surface area contributed by atoms with Crippen molar-refractivity contribution in [2.75, 3.05) is 12.8 Å². The molecule has 2 N–H and O–H groups in total. The van der Waals surface area contributed by atoms with Gasteiger partial charge in [-0.3, -0.25) is 0 Å². The fraction of sp³-hybridized carbons (Fsp3) is 0.0556. The molecule has 0 aliphatic heterocycles. The minimum atomic E-state index is 0.374. The van der Waals surface area contributed by atoms with Crippen LogP contribution in [0.3, 0.4) is 0 Å². The lowest BCUT2D eigenvalue weighted by molar-refractivity contribution is 0.416. The number of methoxy groups -OCH3 is 1. The van der Waals surface area contributed by atoms with Crippen LogP contribution in [-0.4, -0.2) is 22.1 Å². The van der Waals surface area contributed by atoms with Crippen LogP contribution in [0, 0.1) is 0 Å². The molecule has 24 heavy (non-hydrogen) atoms. The zero-order chi connectivity index (χ0) is 16.5. The van der Waals surface area contributed by atoms with Gasteiger partial charge in [-0.05, 0) is 24.3 Å². The summed E-state index contributed by atoms with van der Waals surface area (Å²) >= 11 is 0. The first-order chi connectivity index (χ1) is 11.8. The van der Waals surface area contributed by atoms with E-state index in [-0.39, 0.29) is 0 Å². The number of aromatic nitrogens is 3. The van der Waals surface area contributed by atoms with Crippen molar-refractivity contribution in [1.82, 2.24) is 15.0 Å². The maximum Gasteiger partial charge on any atom is 0.166 e. The molecule has 0 fully saturated rings. The number of nitrogens with zero attached hydrogens (tertiary/aromatic N) is 3. The molecule has 3 heterocycles. The first kappa shape index (κ1) is 14.2. The van der Waals surface area contributed by atoms with Crippen molar-refractivity contribution in [1.29, 1.82) is 0 Å². The molecule has 0 saturated heterocycles. The molecule has 6 nitrogen and oxygen atoms in total. The Morgan fingerprint density at radius 1 is 1.04 bits per heavy atom. The molecule has 0 saturated carbocycles. The molecule has 0 radical (unpaired) electrons. The Kier molecular flexibility index (Phi) is 3.35. The smallest absolute Gasteiger partial charge is 0.166 e. The second kappa shape index (κ2) is 5.66. The van der Waals surface area contributed by atoms with E-state index < -0.39 is 0 Å². The molecule has 0 aliphatic carbocycles. The number of rotatable bonds is 3. The maximum absolute atomic E-state index is 6.10. The highest BCUT2D eigenvalue weighted by Gasteiger charge is 2.16. The van der Waals surface area contributed by atoms with Crippen LogP contribution in [0.4, 0.5) is 5.82 Å². The normalized spacial score (nSPS) is 10.9. The zero-order valence-corrected chi connectivity index (χ0v) is 12.9. The lowest BCUT2D eigenvalue weighted by atomic mass is 10.0.